The van der Waals surface area contributed by atoms with Crippen LogP contribution in [-0.2, 0) is 20.7 Å². The van der Waals surface area contributed by atoms with E-state index in [4.69, 9.17) is 9.26 Å². The van der Waals surface area contributed by atoms with Gasteiger partial charge in [0, 0.05) is 11.1 Å². The molecule has 3 rings (SSSR count). The molecule has 0 saturated heterocycles. The zero-order valence-corrected chi connectivity index (χ0v) is 14.9. The highest BCUT2D eigenvalue weighted by Crippen LogP contribution is 2.19. The van der Waals surface area contributed by atoms with Crippen LogP contribution in [0.15, 0.2) is 47.0 Å². The summed E-state index contributed by atoms with van der Waals surface area (Å²) >= 11 is 0. The summed E-state index contributed by atoms with van der Waals surface area (Å²) in [6, 6.07) is 13.0. The maximum atomic E-state index is 12.3. The number of carbonyl (C=O) groups excluding carboxylic acids is 2. The lowest BCUT2D eigenvalue weighted by atomic mass is 10.1. The highest BCUT2D eigenvalue weighted by Gasteiger charge is 2.20. The molecule has 1 heterocycles. The fourth-order valence-corrected chi connectivity index (χ4v) is 2.68. The molecule has 1 aromatic heterocycles. The van der Waals surface area contributed by atoms with E-state index in [0.717, 1.165) is 16.5 Å². The Labute approximate surface area is 151 Å². The van der Waals surface area contributed by atoms with Gasteiger partial charge in [0.15, 0.2) is 11.7 Å². The molecule has 0 aliphatic heterocycles. The number of para-hydroxylation sites is 1. The van der Waals surface area contributed by atoms with Gasteiger partial charge in [-0.1, -0.05) is 35.0 Å². The Balaban J connectivity index is 1.60. The zero-order valence-electron chi connectivity index (χ0n) is 14.9. The highest BCUT2D eigenvalue weighted by molar-refractivity contribution is 5.96. The standard InChI is InChI=1S/C20H20N2O4/c1-12-8-9-16(13(2)10-12)21-20(24)14(3)25-19(23)11-17-15-6-4-5-7-18(15)26-22-17/h4-10,14H,11H2,1-3H3,(H,21,24)/t14-/m0/s1. The number of nitrogens with one attached hydrogen (secondary N) is 1. The zero-order chi connectivity index (χ0) is 18.7. The normalized spacial score (nSPS) is 12.0. The molecule has 0 bridgehead atoms. The summed E-state index contributed by atoms with van der Waals surface area (Å²) in [4.78, 5) is 24.4. The second-order valence-electron chi connectivity index (χ2n) is 6.24. The second-order valence-corrected chi connectivity index (χ2v) is 6.24. The number of hydrogen-bond donors (Lipinski definition) is 1. The topological polar surface area (TPSA) is 81.4 Å². The number of benzene rings is 2. The lowest BCUT2D eigenvalue weighted by Crippen LogP contribution is -2.30. The molecule has 6 heteroatoms. The van der Waals surface area contributed by atoms with E-state index in [1.54, 1.807) is 6.07 Å². The lowest BCUT2D eigenvalue weighted by Gasteiger charge is -2.14. The number of rotatable bonds is 5. The molecule has 134 valence electrons. The van der Waals surface area contributed by atoms with Crippen molar-refractivity contribution in [2.24, 2.45) is 0 Å². The molecule has 3 aromatic rings. The highest BCUT2D eigenvalue weighted by atomic mass is 16.5. The van der Waals surface area contributed by atoms with Crippen LogP contribution in [0.25, 0.3) is 11.0 Å². The molecule has 0 aliphatic carbocycles. The first kappa shape index (κ1) is 17.7. The van der Waals surface area contributed by atoms with Gasteiger partial charge in [-0.15, -0.1) is 0 Å². The number of fused-ring (bicyclic) bond motifs is 1. The molecule has 1 N–H and O–H groups in total. The van der Waals surface area contributed by atoms with Crippen LogP contribution in [0, 0.1) is 13.8 Å². The summed E-state index contributed by atoms with van der Waals surface area (Å²) < 4.78 is 10.4. The van der Waals surface area contributed by atoms with Crippen molar-refractivity contribution in [1.29, 1.82) is 0 Å². The summed E-state index contributed by atoms with van der Waals surface area (Å²) in [5.41, 5.74) is 3.86. The van der Waals surface area contributed by atoms with Crippen LogP contribution in [0.1, 0.15) is 23.7 Å². The summed E-state index contributed by atoms with van der Waals surface area (Å²) in [5, 5.41) is 7.44. The van der Waals surface area contributed by atoms with E-state index in [0.29, 0.717) is 17.0 Å². The summed E-state index contributed by atoms with van der Waals surface area (Å²) in [7, 11) is 0. The van der Waals surface area contributed by atoms with Gasteiger partial charge in [-0.2, -0.15) is 0 Å². The average Bonchev–Trinajstić information content (AvgIpc) is 3.00. The van der Waals surface area contributed by atoms with E-state index in [9.17, 15) is 9.59 Å². The maximum absolute atomic E-state index is 12.3. The number of hydrogen-bond acceptors (Lipinski definition) is 5. The Kier molecular flexibility index (Phi) is 5.02. The number of carbonyl (C=O) groups is 2. The van der Waals surface area contributed by atoms with E-state index < -0.39 is 12.1 Å². The number of ether oxygens (including phenoxy) is 1. The smallest absolute Gasteiger partial charge is 0.312 e. The van der Waals surface area contributed by atoms with Gasteiger partial charge in [0.2, 0.25) is 0 Å². The minimum absolute atomic E-state index is 0.0573. The van der Waals surface area contributed by atoms with Crippen molar-refractivity contribution in [2.75, 3.05) is 5.32 Å². The summed E-state index contributed by atoms with van der Waals surface area (Å²) in [5.74, 6) is -0.914. The maximum Gasteiger partial charge on any atom is 0.312 e. The number of esters is 1. The molecular formula is C20H20N2O4. The van der Waals surface area contributed by atoms with Crippen molar-refractivity contribution in [3.05, 3.63) is 59.3 Å². The molecule has 26 heavy (non-hydrogen) atoms. The molecular weight excluding hydrogens is 332 g/mol. The second kappa shape index (κ2) is 7.39. The van der Waals surface area contributed by atoms with Gasteiger partial charge >= 0.3 is 5.97 Å². The molecule has 6 nitrogen and oxygen atoms in total. The SMILES string of the molecule is Cc1ccc(NC(=O)[C@H](C)OC(=O)Cc2noc3ccccc23)c(C)c1. The molecule has 0 aliphatic rings. The van der Waals surface area contributed by atoms with E-state index in [1.165, 1.54) is 6.92 Å². The van der Waals surface area contributed by atoms with Gasteiger partial charge in [-0.25, -0.2) is 0 Å². The largest absolute Gasteiger partial charge is 0.452 e. The van der Waals surface area contributed by atoms with Crippen molar-refractivity contribution in [3.8, 4) is 0 Å². The summed E-state index contributed by atoms with van der Waals surface area (Å²) in [6.07, 6.45) is -0.973. The first-order chi connectivity index (χ1) is 12.4. The van der Waals surface area contributed by atoms with Crippen LogP contribution in [0.2, 0.25) is 0 Å². The van der Waals surface area contributed by atoms with E-state index in [1.807, 2.05) is 50.2 Å². The van der Waals surface area contributed by atoms with Crippen LogP contribution in [-0.4, -0.2) is 23.1 Å². The van der Waals surface area contributed by atoms with Gasteiger partial charge < -0.3 is 14.6 Å². The van der Waals surface area contributed by atoms with Gasteiger partial charge in [-0.05, 0) is 44.5 Å². The molecule has 1 amide bonds. The average molecular weight is 352 g/mol. The van der Waals surface area contributed by atoms with Crippen LogP contribution in [0.4, 0.5) is 5.69 Å². The van der Waals surface area contributed by atoms with E-state index in [2.05, 4.69) is 10.5 Å². The number of aromatic nitrogens is 1. The number of aryl methyl sites for hydroxylation is 2. The van der Waals surface area contributed by atoms with E-state index in [-0.39, 0.29) is 12.3 Å². The predicted molar refractivity (Wildman–Crippen MR) is 97.8 cm³/mol. The first-order valence-electron chi connectivity index (χ1n) is 8.35. The predicted octanol–water partition coefficient (Wildman–Crippen LogP) is 3.56. The van der Waals surface area contributed by atoms with Crippen molar-refractivity contribution < 1.29 is 18.8 Å². The van der Waals surface area contributed by atoms with Gasteiger partial charge in [0.05, 0.1) is 6.42 Å². The Hall–Kier alpha value is -3.15. The van der Waals surface area contributed by atoms with Crippen molar-refractivity contribution in [3.63, 3.8) is 0 Å². The quantitative estimate of drug-likeness (QED) is 0.710. The molecule has 0 unspecified atom stereocenters. The monoisotopic (exact) mass is 352 g/mol. The first-order valence-corrected chi connectivity index (χ1v) is 8.35. The minimum Gasteiger partial charge on any atom is -0.452 e. The molecule has 1 atom stereocenters. The number of nitrogens with zero attached hydrogens (tertiary/aromatic N) is 1. The third kappa shape index (κ3) is 3.91. The fraction of sp³-hybridized carbons (Fsp3) is 0.250. The lowest BCUT2D eigenvalue weighted by molar-refractivity contribution is -0.152. The van der Waals surface area contributed by atoms with Crippen LogP contribution < -0.4 is 5.32 Å². The van der Waals surface area contributed by atoms with Gasteiger partial charge in [0.1, 0.15) is 5.69 Å². The van der Waals surface area contributed by atoms with Crippen molar-refractivity contribution in [2.45, 2.75) is 33.3 Å². The molecule has 0 saturated carbocycles. The van der Waals surface area contributed by atoms with Gasteiger partial charge in [-0.3, -0.25) is 9.59 Å². The minimum atomic E-state index is -0.915. The number of amides is 1. The third-order valence-electron chi connectivity index (χ3n) is 4.08. The Morgan fingerprint density at radius 2 is 1.96 bits per heavy atom. The Morgan fingerprint density at radius 3 is 2.73 bits per heavy atom. The van der Waals surface area contributed by atoms with Crippen molar-refractivity contribution in [1.82, 2.24) is 5.16 Å². The molecule has 0 radical (unpaired) electrons. The molecule has 0 spiro atoms. The molecule has 0 fully saturated rings. The number of anilines is 1. The van der Waals surface area contributed by atoms with Crippen LogP contribution in [0.3, 0.4) is 0 Å². The van der Waals surface area contributed by atoms with E-state index >= 15 is 0 Å². The fourth-order valence-electron chi connectivity index (χ4n) is 2.68. The third-order valence-corrected chi connectivity index (χ3v) is 4.08. The van der Waals surface area contributed by atoms with Gasteiger partial charge in [0.25, 0.3) is 5.91 Å². The Morgan fingerprint density at radius 1 is 1.19 bits per heavy atom. The Bertz CT molecular complexity index is 961. The van der Waals surface area contributed by atoms with Crippen LogP contribution >= 0.6 is 0 Å². The van der Waals surface area contributed by atoms with Crippen molar-refractivity contribution >= 4 is 28.5 Å². The summed E-state index contributed by atoms with van der Waals surface area (Å²) in [6.45, 7) is 5.43. The molecule has 2 aromatic carbocycles. The van der Waals surface area contributed by atoms with Crippen LogP contribution in [0.5, 0.6) is 0 Å².